The Bertz CT molecular complexity index is 3510. The summed E-state index contributed by atoms with van der Waals surface area (Å²) in [6.07, 6.45) is 9.48. The lowest BCUT2D eigenvalue weighted by atomic mass is 9.59. The van der Waals surface area contributed by atoms with Gasteiger partial charge in [0.15, 0.2) is 5.75 Å². The van der Waals surface area contributed by atoms with E-state index in [0.29, 0.717) is 59.8 Å². The molecule has 3 aliphatic carbocycles. The number of alkyl halides is 1. The van der Waals surface area contributed by atoms with Crippen molar-refractivity contribution in [3.8, 4) is 23.1 Å². The summed E-state index contributed by atoms with van der Waals surface area (Å²) in [4.78, 5) is 33.5. The minimum Gasteiger partial charge on any atom is -0.758 e. The molecule has 4 heterocycles. The van der Waals surface area contributed by atoms with Crippen LogP contribution in [-0.4, -0.2) is 116 Å². The summed E-state index contributed by atoms with van der Waals surface area (Å²) in [7, 11) is -2.03. The minimum absolute atomic E-state index is 0.0172. The monoisotopic (exact) mass is 1150 g/mol. The molecule has 4 aromatic carbocycles. The third kappa shape index (κ3) is 12.2. The third-order valence-electron chi connectivity index (χ3n) is 17.9. The van der Waals surface area contributed by atoms with E-state index in [2.05, 4.69) is 84.4 Å². The number of carbonyl (C=O) groups excluding carboxylic acids is 1. The van der Waals surface area contributed by atoms with Gasteiger partial charge in [0.2, 0.25) is 0 Å². The number of hydroxylamine groups is 1. The van der Waals surface area contributed by atoms with Crippen LogP contribution in [0.1, 0.15) is 122 Å². The van der Waals surface area contributed by atoms with Gasteiger partial charge in [-0.15, -0.1) is 0 Å². The van der Waals surface area contributed by atoms with Crippen LogP contribution in [0, 0.1) is 16.5 Å². The van der Waals surface area contributed by atoms with Crippen LogP contribution in [0.5, 0.6) is 23.1 Å². The Morgan fingerprint density at radius 1 is 1.01 bits per heavy atom. The van der Waals surface area contributed by atoms with Crippen LogP contribution in [0.2, 0.25) is 0 Å². The van der Waals surface area contributed by atoms with Gasteiger partial charge in [0.05, 0.1) is 41.5 Å². The molecule has 11 rings (SSSR count). The number of aromatic amines is 1. The standard InChI is InChI=1S/C63H74F2N9O8S/c1-7-55(65)81-45-16-12-41(13-17-45)36-72-28-29-74(51(37-72)47-11-9-8-10-46(47)39(2)3)44-33-63(34-44)24-26-73(27-25-63)43-15-18-48(52(31-43)82-61-53(80-6)30-42-14-19-49(64)56(42)69-61)60(75)70-83(78,79)54-32-50(71(5)77)57(59-58(54)67-38-68-59)66-35-40-20-22-62(4,76)23-21-40/h7-13,15-19,30-32,38-40,44,51,55,66,76H,1,14,20-29,33-37H2,2-6H3,(H,67,68)(H,70,75)/q-1/t40?,51-,55?,62?/m0/s1. The van der Waals surface area contributed by atoms with Crippen molar-refractivity contribution in [2.24, 2.45) is 11.3 Å². The highest BCUT2D eigenvalue weighted by atomic mass is 32.2. The topological polar surface area (TPSA) is 201 Å². The van der Waals surface area contributed by atoms with Crippen LogP contribution in [0.15, 0.2) is 109 Å². The fraction of sp³-hybridized carbons (Fsp3) is 0.444. The Morgan fingerprint density at radius 3 is 2.47 bits per heavy atom. The number of carbonyl (C=O) groups is 1. The average molecular weight is 1160 g/mol. The molecule has 1 unspecified atom stereocenters. The molecule has 2 aromatic heterocycles. The Kier molecular flexibility index (Phi) is 16.3. The number of anilines is 3. The summed E-state index contributed by atoms with van der Waals surface area (Å²) >= 11 is 0. The van der Waals surface area contributed by atoms with E-state index in [1.54, 1.807) is 18.2 Å². The molecule has 4 fully saturated rings. The summed E-state index contributed by atoms with van der Waals surface area (Å²) in [5, 5.41) is 27.6. The van der Waals surface area contributed by atoms with Crippen LogP contribution >= 0.6 is 0 Å². The summed E-state index contributed by atoms with van der Waals surface area (Å²) in [6.45, 7) is 15.2. The van der Waals surface area contributed by atoms with Gasteiger partial charge in [-0.2, -0.15) is 4.39 Å². The number of H-pyrrole nitrogens is 1. The molecule has 1 amide bonds. The van der Waals surface area contributed by atoms with Crippen molar-refractivity contribution < 1.29 is 41.3 Å². The highest BCUT2D eigenvalue weighted by Gasteiger charge is 2.50. The summed E-state index contributed by atoms with van der Waals surface area (Å²) in [6, 6.07) is 24.9. The van der Waals surface area contributed by atoms with Gasteiger partial charge in [-0.1, -0.05) is 56.8 Å². The first-order valence-corrected chi connectivity index (χ1v) is 30.3. The highest BCUT2D eigenvalue weighted by molar-refractivity contribution is 7.90. The summed E-state index contributed by atoms with van der Waals surface area (Å²) in [5.74, 6) is -0.451. The number of methoxy groups -OCH3 is 1. The predicted molar refractivity (Wildman–Crippen MR) is 318 cm³/mol. The molecule has 20 heteroatoms. The minimum atomic E-state index is -4.73. The first kappa shape index (κ1) is 57.7. The zero-order valence-electron chi connectivity index (χ0n) is 47.8. The van der Waals surface area contributed by atoms with E-state index in [9.17, 15) is 27.9 Å². The smallest absolute Gasteiger partial charge is 0.268 e. The lowest BCUT2D eigenvalue weighted by Crippen LogP contribution is -2.60. The Hall–Kier alpha value is -7.10. The molecule has 4 N–H and O–H groups in total. The fourth-order valence-electron chi connectivity index (χ4n) is 13.1. The number of pyridine rings is 1. The zero-order chi connectivity index (χ0) is 58.4. The highest BCUT2D eigenvalue weighted by Crippen LogP contribution is 2.54. The molecular weight excluding hydrogens is 1080 g/mol. The molecule has 0 radical (unpaired) electrons. The lowest BCUT2D eigenvalue weighted by molar-refractivity contribution is -0.0628. The number of hydrogen-bond acceptors (Lipinski definition) is 15. The normalized spacial score (nSPS) is 21.5. The number of ether oxygens (including phenoxy) is 3. The number of hydrogen-bond donors (Lipinski definition) is 4. The van der Waals surface area contributed by atoms with Gasteiger partial charge in [-0.05, 0) is 160 Å². The van der Waals surface area contributed by atoms with E-state index in [0.717, 1.165) is 95.1 Å². The second-order valence-electron chi connectivity index (χ2n) is 23.9. The molecule has 440 valence electrons. The molecule has 5 aliphatic rings. The Labute approximate surface area is 484 Å². The van der Waals surface area contributed by atoms with Crippen molar-refractivity contribution in [3.05, 3.63) is 143 Å². The van der Waals surface area contributed by atoms with E-state index in [-0.39, 0.29) is 62.7 Å². The van der Waals surface area contributed by atoms with Crippen LogP contribution < -0.4 is 34.2 Å². The average Bonchev–Trinajstić information content (AvgIpc) is 4.21. The largest absolute Gasteiger partial charge is 0.758 e. The van der Waals surface area contributed by atoms with Crippen molar-refractivity contribution in [3.63, 3.8) is 0 Å². The number of aliphatic hydroxyl groups is 1. The second kappa shape index (κ2) is 23.5. The molecule has 2 atom stereocenters. The van der Waals surface area contributed by atoms with Crippen LogP contribution in [0.3, 0.4) is 0 Å². The molecule has 83 heavy (non-hydrogen) atoms. The van der Waals surface area contributed by atoms with E-state index >= 15 is 4.39 Å². The maximum Gasteiger partial charge on any atom is 0.268 e. The van der Waals surface area contributed by atoms with Gasteiger partial charge in [0, 0.05) is 69.7 Å². The number of halogens is 2. The number of piperidine rings is 1. The number of benzene rings is 4. The lowest BCUT2D eigenvalue weighted by Gasteiger charge is -2.58. The molecular formula is C63H74F2N9O8S-. The van der Waals surface area contributed by atoms with Gasteiger partial charge in [-0.25, -0.2) is 27.5 Å². The van der Waals surface area contributed by atoms with Gasteiger partial charge in [-0.3, -0.25) is 14.6 Å². The van der Waals surface area contributed by atoms with Gasteiger partial charge < -0.3 is 44.8 Å². The van der Waals surface area contributed by atoms with Crippen molar-refractivity contribution in [1.82, 2.24) is 29.5 Å². The number of allylic oxidation sites excluding steroid dienone is 1. The summed E-state index contributed by atoms with van der Waals surface area (Å²) < 4.78 is 77.6. The number of rotatable bonds is 19. The first-order valence-electron chi connectivity index (χ1n) is 28.8. The molecule has 2 saturated heterocycles. The molecule has 17 nitrogen and oxygen atoms in total. The van der Waals surface area contributed by atoms with Crippen LogP contribution in [-0.2, 0) is 23.0 Å². The maximum atomic E-state index is 15.1. The number of piperazine rings is 1. The number of fused-ring (bicyclic) bond motifs is 2. The maximum absolute atomic E-state index is 15.1. The van der Waals surface area contributed by atoms with E-state index in [1.807, 2.05) is 31.2 Å². The van der Waals surface area contributed by atoms with Crippen LogP contribution in [0.4, 0.5) is 25.8 Å². The number of aromatic nitrogens is 3. The molecule has 1 spiro atoms. The van der Waals surface area contributed by atoms with E-state index < -0.39 is 38.6 Å². The summed E-state index contributed by atoms with van der Waals surface area (Å²) in [5.41, 5.74) is 5.25. The van der Waals surface area contributed by atoms with Crippen LogP contribution in [0.25, 0.3) is 16.9 Å². The SMILES string of the molecule is C=CC(F)Oc1ccc(CN2CCN(C3CC4(CCN(c5ccc(C(=O)NS(=O)(=O)c6cc(N(C)[O-])c(NCC7CCC(C)(O)CC7)c7[nH]cnc67)c(Oc6nc7c(cc6OC)CC=C7F)c5)CC4)C3)[C@H](c3ccccc3C(C)C)C2)cc1. The van der Waals surface area contributed by atoms with Crippen molar-refractivity contribution in [2.45, 2.75) is 120 Å². The van der Waals surface area contributed by atoms with E-state index in [1.165, 1.54) is 49.8 Å². The van der Waals surface area contributed by atoms with Crippen molar-refractivity contribution in [2.75, 3.05) is 68.7 Å². The fourth-order valence-corrected chi connectivity index (χ4v) is 14.3. The van der Waals surface area contributed by atoms with Crippen molar-refractivity contribution in [1.29, 1.82) is 0 Å². The van der Waals surface area contributed by atoms with Gasteiger partial charge in [0.25, 0.3) is 28.2 Å². The Balaban J connectivity index is 0.814. The molecule has 0 bridgehead atoms. The van der Waals surface area contributed by atoms with Crippen molar-refractivity contribution >= 4 is 49.9 Å². The Morgan fingerprint density at radius 2 is 1.76 bits per heavy atom. The predicted octanol–water partition coefficient (Wildman–Crippen LogP) is 11.3. The number of amides is 1. The number of sulfonamides is 1. The molecule has 6 aromatic rings. The quantitative estimate of drug-likeness (QED) is 0.0440. The van der Waals surface area contributed by atoms with Gasteiger partial charge >= 0.3 is 0 Å². The molecule has 2 saturated carbocycles. The number of nitrogens with zero attached hydrogens (tertiary/aromatic N) is 6. The molecule has 2 aliphatic heterocycles. The zero-order valence-corrected chi connectivity index (χ0v) is 48.6. The number of nitrogens with one attached hydrogen (secondary N) is 3. The third-order valence-corrected chi connectivity index (χ3v) is 19.2. The number of imidazole rings is 1. The van der Waals surface area contributed by atoms with Gasteiger partial charge in [0.1, 0.15) is 33.4 Å². The van der Waals surface area contributed by atoms with E-state index in [4.69, 9.17) is 14.2 Å². The first-order chi connectivity index (χ1) is 39.8. The second-order valence-corrected chi connectivity index (χ2v) is 25.5.